The van der Waals surface area contributed by atoms with E-state index < -0.39 is 28.3 Å². The lowest BCUT2D eigenvalue weighted by Gasteiger charge is -2.22. The molecule has 2 aromatic rings. The molecule has 0 bridgehead atoms. The summed E-state index contributed by atoms with van der Waals surface area (Å²) in [5.41, 5.74) is 1.37. The van der Waals surface area contributed by atoms with Gasteiger partial charge < -0.3 is 5.32 Å². The lowest BCUT2D eigenvalue weighted by Crippen LogP contribution is -2.37. The van der Waals surface area contributed by atoms with Crippen LogP contribution in [-0.4, -0.2) is 27.1 Å². The Hall–Kier alpha value is -1.83. The average Bonchev–Trinajstić information content (AvgIpc) is 2.50. The molecule has 25 heavy (non-hydrogen) atoms. The van der Waals surface area contributed by atoms with Gasteiger partial charge in [-0.05, 0) is 42.8 Å². The van der Waals surface area contributed by atoms with Gasteiger partial charge in [0.15, 0.2) is 0 Å². The van der Waals surface area contributed by atoms with Crippen LogP contribution in [0.2, 0.25) is 10.0 Å². The van der Waals surface area contributed by atoms with Gasteiger partial charge in [-0.1, -0.05) is 29.3 Å². The maximum absolute atomic E-state index is 13.3. The predicted molar refractivity (Wildman–Crippen MR) is 98.4 cm³/mol. The topological polar surface area (TPSA) is 66.5 Å². The van der Waals surface area contributed by atoms with E-state index in [2.05, 4.69) is 5.32 Å². The van der Waals surface area contributed by atoms with Gasteiger partial charge >= 0.3 is 0 Å². The fourth-order valence-electron chi connectivity index (χ4n) is 2.04. The van der Waals surface area contributed by atoms with Gasteiger partial charge in [0.25, 0.3) is 0 Å². The van der Waals surface area contributed by atoms with Crippen molar-refractivity contribution >= 4 is 50.5 Å². The van der Waals surface area contributed by atoms with Gasteiger partial charge in [-0.3, -0.25) is 9.10 Å². The molecule has 0 radical (unpaired) electrons. The first-order chi connectivity index (χ1) is 11.6. The Balaban J connectivity index is 2.23. The van der Waals surface area contributed by atoms with Crippen LogP contribution in [0.15, 0.2) is 36.4 Å². The van der Waals surface area contributed by atoms with Crippen molar-refractivity contribution in [3.63, 3.8) is 0 Å². The molecule has 0 fully saturated rings. The molecule has 134 valence electrons. The Labute approximate surface area is 155 Å². The quantitative estimate of drug-likeness (QED) is 0.822. The van der Waals surface area contributed by atoms with Crippen molar-refractivity contribution in [2.24, 2.45) is 0 Å². The van der Waals surface area contributed by atoms with Crippen LogP contribution in [0.5, 0.6) is 0 Å². The van der Waals surface area contributed by atoms with E-state index in [-0.39, 0.29) is 10.7 Å². The summed E-state index contributed by atoms with van der Waals surface area (Å²) in [6.45, 7) is 1.32. The summed E-state index contributed by atoms with van der Waals surface area (Å²) in [7, 11) is -3.78. The molecule has 0 heterocycles. The van der Waals surface area contributed by atoms with Crippen molar-refractivity contribution < 1.29 is 17.6 Å². The summed E-state index contributed by atoms with van der Waals surface area (Å²) < 4.78 is 38.1. The van der Waals surface area contributed by atoms with Crippen LogP contribution in [0, 0.1) is 12.7 Å². The zero-order valence-electron chi connectivity index (χ0n) is 13.4. The number of rotatable bonds is 5. The summed E-state index contributed by atoms with van der Waals surface area (Å²) in [5, 5.41) is 2.81. The second kappa shape index (κ2) is 7.59. The van der Waals surface area contributed by atoms with Gasteiger partial charge in [0.2, 0.25) is 15.9 Å². The van der Waals surface area contributed by atoms with Gasteiger partial charge in [-0.15, -0.1) is 0 Å². The molecule has 0 saturated heterocycles. The minimum atomic E-state index is -3.78. The van der Waals surface area contributed by atoms with E-state index in [1.54, 1.807) is 18.2 Å². The number of sulfonamides is 1. The van der Waals surface area contributed by atoms with Gasteiger partial charge in [-0.2, -0.15) is 0 Å². The molecule has 0 spiro atoms. The third-order valence-electron chi connectivity index (χ3n) is 3.33. The monoisotopic (exact) mass is 404 g/mol. The van der Waals surface area contributed by atoms with Gasteiger partial charge in [0.05, 0.1) is 17.0 Å². The van der Waals surface area contributed by atoms with Crippen LogP contribution in [0.1, 0.15) is 5.56 Å². The Morgan fingerprint density at radius 1 is 1.16 bits per heavy atom. The first-order valence-electron chi connectivity index (χ1n) is 7.06. The zero-order valence-corrected chi connectivity index (χ0v) is 15.7. The first kappa shape index (κ1) is 19.5. The van der Waals surface area contributed by atoms with E-state index in [0.29, 0.717) is 10.7 Å². The fourth-order valence-corrected chi connectivity index (χ4v) is 3.25. The van der Waals surface area contributed by atoms with E-state index in [0.717, 1.165) is 28.3 Å². The van der Waals surface area contributed by atoms with Crippen LogP contribution < -0.4 is 9.62 Å². The number of carbonyl (C=O) groups is 1. The SMILES string of the molecule is Cc1ccc(NC(=O)CN(c2ccc(F)c(Cl)c2)S(C)(=O)=O)cc1Cl. The van der Waals surface area contributed by atoms with E-state index in [1.165, 1.54) is 6.07 Å². The smallest absolute Gasteiger partial charge is 0.245 e. The van der Waals surface area contributed by atoms with Crippen LogP contribution in [0.4, 0.5) is 15.8 Å². The highest BCUT2D eigenvalue weighted by Crippen LogP contribution is 2.25. The predicted octanol–water partition coefficient (Wildman–Crippen LogP) is 3.85. The van der Waals surface area contributed by atoms with E-state index in [1.807, 2.05) is 6.92 Å². The number of halogens is 3. The lowest BCUT2D eigenvalue weighted by atomic mass is 10.2. The number of carbonyl (C=O) groups excluding carboxylic acids is 1. The number of hydrogen-bond acceptors (Lipinski definition) is 3. The van der Waals surface area contributed by atoms with Crippen LogP contribution in [-0.2, 0) is 14.8 Å². The third kappa shape index (κ3) is 5.07. The largest absolute Gasteiger partial charge is 0.324 e. The van der Waals surface area contributed by atoms with Gasteiger partial charge in [0, 0.05) is 10.7 Å². The van der Waals surface area contributed by atoms with E-state index in [9.17, 15) is 17.6 Å². The molecule has 0 aliphatic heterocycles. The molecule has 0 aliphatic rings. The third-order valence-corrected chi connectivity index (χ3v) is 5.17. The number of hydrogen-bond donors (Lipinski definition) is 1. The Bertz CT molecular complexity index is 920. The summed E-state index contributed by atoms with van der Waals surface area (Å²) in [6.07, 6.45) is 0.945. The molecule has 9 heteroatoms. The molecule has 5 nitrogen and oxygen atoms in total. The molecule has 2 rings (SSSR count). The Kier molecular flexibility index (Phi) is 5.92. The Morgan fingerprint density at radius 2 is 1.84 bits per heavy atom. The normalized spacial score (nSPS) is 11.2. The molecule has 1 amide bonds. The summed E-state index contributed by atoms with van der Waals surface area (Å²) in [4.78, 5) is 12.2. The number of benzene rings is 2. The highest BCUT2D eigenvalue weighted by molar-refractivity contribution is 7.92. The van der Waals surface area contributed by atoms with Crippen LogP contribution >= 0.6 is 23.2 Å². The van der Waals surface area contributed by atoms with Crippen molar-refractivity contribution in [1.29, 1.82) is 0 Å². The maximum Gasteiger partial charge on any atom is 0.245 e. The highest BCUT2D eigenvalue weighted by Gasteiger charge is 2.22. The number of aryl methyl sites for hydroxylation is 1. The number of amides is 1. The lowest BCUT2D eigenvalue weighted by molar-refractivity contribution is -0.114. The minimum absolute atomic E-state index is 0.0889. The van der Waals surface area contributed by atoms with E-state index in [4.69, 9.17) is 23.2 Å². The van der Waals surface area contributed by atoms with Crippen LogP contribution in [0.25, 0.3) is 0 Å². The zero-order chi connectivity index (χ0) is 18.8. The van der Waals surface area contributed by atoms with Gasteiger partial charge in [0.1, 0.15) is 12.4 Å². The number of anilines is 2. The molecular weight excluding hydrogens is 390 g/mol. The van der Waals surface area contributed by atoms with E-state index >= 15 is 0 Å². The summed E-state index contributed by atoms with van der Waals surface area (Å²) in [6, 6.07) is 8.36. The van der Waals surface area contributed by atoms with Crippen molar-refractivity contribution in [2.45, 2.75) is 6.92 Å². The molecule has 0 aliphatic carbocycles. The molecule has 0 atom stereocenters. The standard InChI is InChI=1S/C16H15Cl2FN2O3S/c1-10-3-4-11(7-13(10)17)20-16(22)9-21(25(2,23)24)12-5-6-15(19)14(18)8-12/h3-8H,9H2,1-2H3,(H,20,22). The first-order valence-corrected chi connectivity index (χ1v) is 9.67. The van der Waals surface area contributed by atoms with Crippen LogP contribution in [0.3, 0.4) is 0 Å². The fraction of sp³-hybridized carbons (Fsp3) is 0.188. The van der Waals surface area contributed by atoms with Crippen molar-refractivity contribution in [3.8, 4) is 0 Å². The number of nitrogens with zero attached hydrogens (tertiary/aromatic N) is 1. The second-order valence-electron chi connectivity index (χ2n) is 5.38. The Morgan fingerprint density at radius 3 is 2.40 bits per heavy atom. The highest BCUT2D eigenvalue weighted by atomic mass is 35.5. The summed E-state index contributed by atoms with van der Waals surface area (Å²) >= 11 is 11.7. The molecule has 0 saturated carbocycles. The molecule has 1 N–H and O–H groups in total. The summed E-state index contributed by atoms with van der Waals surface area (Å²) in [5.74, 6) is -1.26. The number of nitrogens with one attached hydrogen (secondary N) is 1. The molecular formula is C16H15Cl2FN2O3S. The molecule has 2 aromatic carbocycles. The maximum atomic E-state index is 13.3. The average molecular weight is 405 g/mol. The van der Waals surface area contributed by atoms with Crippen molar-refractivity contribution in [1.82, 2.24) is 0 Å². The van der Waals surface area contributed by atoms with Crippen molar-refractivity contribution in [2.75, 3.05) is 22.4 Å². The second-order valence-corrected chi connectivity index (χ2v) is 8.10. The van der Waals surface area contributed by atoms with Crippen molar-refractivity contribution in [3.05, 3.63) is 57.8 Å². The molecule has 0 unspecified atom stereocenters. The van der Waals surface area contributed by atoms with Gasteiger partial charge in [-0.25, -0.2) is 12.8 Å². The molecule has 0 aromatic heterocycles. The minimum Gasteiger partial charge on any atom is -0.324 e.